The summed E-state index contributed by atoms with van der Waals surface area (Å²) in [5, 5.41) is 13.1. The largest absolute Gasteiger partial charge is 0.476 e. The second-order valence-electron chi connectivity index (χ2n) is 3.56. The molecule has 0 unspecified atom stereocenters. The summed E-state index contributed by atoms with van der Waals surface area (Å²) >= 11 is 1.14. The molecule has 0 aliphatic heterocycles. The quantitative estimate of drug-likeness (QED) is 0.752. The van der Waals surface area contributed by atoms with Crippen molar-refractivity contribution in [3.63, 3.8) is 0 Å². The Morgan fingerprint density at radius 3 is 2.89 bits per heavy atom. The Bertz CT molecular complexity index is 676. The Morgan fingerprint density at radius 2 is 2.26 bits per heavy atom. The Balaban J connectivity index is 2.00. The molecule has 0 bridgehead atoms. The van der Waals surface area contributed by atoms with E-state index >= 15 is 0 Å². The smallest absolute Gasteiger partial charge is 0.355 e. The second-order valence-corrected chi connectivity index (χ2v) is 4.50. The summed E-state index contributed by atoms with van der Waals surface area (Å²) in [4.78, 5) is 39.6. The van der Waals surface area contributed by atoms with Gasteiger partial charge < -0.3 is 15.4 Å². The van der Waals surface area contributed by atoms with Gasteiger partial charge in [-0.1, -0.05) is 0 Å². The van der Waals surface area contributed by atoms with E-state index in [1.165, 1.54) is 23.7 Å². The van der Waals surface area contributed by atoms with Gasteiger partial charge in [-0.15, -0.1) is 11.3 Å². The summed E-state index contributed by atoms with van der Waals surface area (Å²) in [7, 11) is 0. The first-order chi connectivity index (χ1) is 9.06. The summed E-state index contributed by atoms with van der Waals surface area (Å²) in [5.41, 5.74) is -0.181. The van der Waals surface area contributed by atoms with Crippen LogP contribution in [0.4, 0.5) is 0 Å². The van der Waals surface area contributed by atoms with Gasteiger partial charge in [0, 0.05) is 23.2 Å². The normalized spacial score (nSPS) is 10.1. The number of amides is 1. The molecule has 0 spiro atoms. The molecule has 8 heteroatoms. The number of hydrogen-bond acceptors (Lipinski definition) is 5. The molecule has 0 radical (unpaired) electrons. The van der Waals surface area contributed by atoms with Crippen LogP contribution < -0.4 is 10.9 Å². The lowest BCUT2D eigenvalue weighted by atomic mass is 10.2. The molecule has 0 atom stereocenters. The van der Waals surface area contributed by atoms with E-state index < -0.39 is 11.9 Å². The number of nitrogens with zero attached hydrogens (tertiary/aromatic N) is 1. The fourth-order valence-corrected chi connectivity index (χ4v) is 2.04. The molecule has 0 fully saturated rings. The van der Waals surface area contributed by atoms with E-state index in [1.54, 1.807) is 0 Å². The minimum absolute atomic E-state index is 0.0506. The Morgan fingerprint density at radius 1 is 1.47 bits per heavy atom. The third-order valence-corrected chi connectivity index (χ3v) is 3.06. The molecule has 98 valence electrons. The fourth-order valence-electron chi connectivity index (χ4n) is 1.33. The average molecular weight is 279 g/mol. The highest BCUT2D eigenvalue weighted by molar-refractivity contribution is 7.09. The van der Waals surface area contributed by atoms with Gasteiger partial charge >= 0.3 is 5.97 Å². The van der Waals surface area contributed by atoms with E-state index in [0.717, 1.165) is 11.3 Å². The average Bonchev–Trinajstić information content (AvgIpc) is 2.85. The third-order valence-electron chi connectivity index (χ3n) is 2.21. The van der Waals surface area contributed by atoms with Crippen molar-refractivity contribution in [2.75, 3.05) is 0 Å². The van der Waals surface area contributed by atoms with E-state index in [4.69, 9.17) is 5.11 Å². The summed E-state index contributed by atoms with van der Waals surface area (Å²) in [6.45, 7) is 0.115. The van der Waals surface area contributed by atoms with Gasteiger partial charge in [0.2, 0.25) is 5.56 Å². The number of thiazole rings is 1. The van der Waals surface area contributed by atoms with Gasteiger partial charge in [0.1, 0.15) is 5.01 Å². The van der Waals surface area contributed by atoms with E-state index in [9.17, 15) is 14.4 Å². The second kappa shape index (κ2) is 5.44. The minimum atomic E-state index is -1.11. The molecule has 2 rings (SSSR count). The number of nitrogens with one attached hydrogen (secondary N) is 2. The Kier molecular flexibility index (Phi) is 3.71. The molecule has 0 saturated heterocycles. The van der Waals surface area contributed by atoms with Gasteiger partial charge in [0.05, 0.1) is 6.54 Å². The summed E-state index contributed by atoms with van der Waals surface area (Å²) < 4.78 is 0. The zero-order valence-corrected chi connectivity index (χ0v) is 10.4. The first-order valence-electron chi connectivity index (χ1n) is 5.21. The van der Waals surface area contributed by atoms with Crippen molar-refractivity contribution < 1.29 is 14.7 Å². The lowest BCUT2D eigenvalue weighted by molar-refractivity contribution is 0.0691. The molecule has 0 aliphatic rings. The van der Waals surface area contributed by atoms with Crippen molar-refractivity contribution in [3.05, 3.63) is 50.3 Å². The maximum absolute atomic E-state index is 11.7. The molecule has 2 aromatic rings. The number of aromatic carboxylic acids is 1. The predicted octanol–water partition coefficient (Wildman–Crippen LogP) is 0.460. The monoisotopic (exact) mass is 279 g/mol. The van der Waals surface area contributed by atoms with Crippen LogP contribution in [0.3, 0.4) is 0 Å². The van der Waals surface area contributed by atoms with Gasteiger partial charge in [-0.25, -0.2) is 9.78 Å². The van der Waals surface area contributed by atoms with Crippen LogP contribution in [0.5, 0.6) is 0 Å². The maximum Gasteiger partial charge on any atom is 0.355 e. The zero-order valence-electron chi connectivity index (χ0n) is 9.54. The molecule has 0 saturated carbocycles. The van der Waals surface area contributed by atoms with Crippen LogP contribution in [0, 0.1) is 0 Å². The first kappa shape index (κ1) is 13.0. The van der Waals surface area contributed by atoms with Crippen LogP contribution in [0.1, 0.15) is 25.9 Å². The first-order valence-corrected chi connectivity index (χ1v) is 6.09. The molecule has 19 heavy (non-hydrogen) atoms. The molecular formula is C11H9N3O4S. The number of carboxylic acids is 1. The number of aromatic amines is 1. The van der Waals surface area contributed by atoms with Crippen LogP contribution in [0.25, 0.3) is 0 Å². The number of hydrogen-bond donors (Lipinski definition) is 3. The van der Waals surface area contributed by atoms with Crippen LogP contribution in [0.2, 0.25) is 0 Å². The SMILES string of the molecule is O=C(NCc1nc(C(=O)O)cs1)c1cc[nH]c(=O)c1. The van der Waals surface area contributed by atoms with Gasteiger partial charge in [-0.2, -0.15) is 0 Å². The number of pyridine rings is 1. The van der Waals surface area contributed by atoms with Gasteiger partial charge in [-0.05, 0) is 6.07 Å². The topological polar surface area (TPSA) is 112 Å². The molecule has 7 nitrogen and oxygen atoms in total. The minimum Gasteiger partial charge on any atom is -0.476 e. The lowest BCUT2D eigenvalue weighted by Crippen LogP contribution is -2.24. The number of rotatable bonds is 4. The van der Waals surface area contributed by atoms with Crippen molar-refractivity contribution in [3.8, 4) is 0 Å². The maximum atomic E-state index is 11.7. The summed E-state index contributed by atoms with van der Waals surface area (Å²) in [6.07, 6.45) is 1.38. The lowest BCUT2D eigenvalue weighted by Gasteiger charge is -2.02. The van der Waals surface area contributed by atoms with E-state index in [2.05, 4.69) is 15.3 Å². The van der Waals surface area contributed by atoms with Crippen molar-refractivity contribution in [2.24, 2.45) is 0 Å². The number of carbonyl (C=O) groups is 2. The highest BCUT2D eigenvalue weighted by Gasteiger charge is 2.10. The number of H-pyrrole nitrogens is 1. The number of aromatic nitrogens is 2. The Hall–Kier alpha value is -2.48. The molecule has 0 aromatic carbocycles. The highest BCUT2D eigenvalue weighted by atomic mass is 32.1. The molecule has 2 aromatic heterocycles. The number of carboxylic acid groups (broad SMARTS) is 1. The van der Waals surface area contributed by atoms with Crippen LogP contribution >= 0.6 is 11.3 Å². The van der Waals surface area contributed by atoms with E-state index in [-0.39, 0.29) is 23.4 Å². The van der Waals surface area contributed by atoms with Crippen LogP contribution in [0.15, 0.2) is 28.5 Å². The Labute approximate surface area is 110 Å². The van der Waals surface area contributed by atoms with Crippen LogP contribution in [-0.2, 0) is 6.54 Å². The van der Waals surface area contributed by atoms with Crippen molar-refractivity contribution in [2.45, 2.75) is 6.54 Å². The highest BCUT2D eigenvalue weighted by Crippen LogP contribution is 2.09. The molecule has 2 heterocycles. The van der Waals surface area contributed by atoms with E-state index in [1.807, 2.05) is 0 Å². The summed E-state index contributed by atoms with van der Waals surface area (Å²) in [6, 6.07) is 2.65. The van der Waals surface area contributed by atoms with Gasteiger partial charge in [0.15, 0.2) is 5.69 Å². The molecule has 3 N–H and O–H groups in total. The van der Waals surface area contributed by atoms with Crippen molar-refractivity contribution >= 4 is 23.2 Å². The van der Waals surface area contributed by atoms with Crippen molar-refractivity contribution in [1.29, 1.82) is 0 Å². The van der Waals surface area contributed by atoms with E-state index in [0.29, 0.717) is 5.01 Å². The van der Waals surface area contributed by atoms with Crippen molar-refractivity contribution in [1.82, 2.24) is 15.3 Å². The van der Waals surface area contributed by atoms with Gasteiger partial charge in [0.25, 0.3) is 5.91 Å². The fraction of sp³-hybridized carbons (Fsp3) is 0.0909. The third kappa shape index (κ3) is 3.26. The molecule has 0 aliphatic carbocycles. The zero-order chi connectivity index (χ0) is 13.8. The predicted molar refractivity (Wildman–Crippen MR) is 67.3 cm³/mol. The van der Waals surface area contributed by atoms with Gasteiger partial charge in [-0.3, -0.25) is 9.59 Å². The molecule has 1 amide bonds. The number of carbonyl (C=O) groups excluding carboxylic acids is 1. The summed E-state index contributed by atoms with van der Waals surface area (Å²) in [5.74, 6) is -1.53. The molecular weight excluding hydrogens is 270 g/mol. The standard InChI is InChI=1S/C11H9N3O4S/c15-8-3-6(1-2-12-8)10(16)13-4-9-14-7(5-19-9)11(17)18/h1-3,5H,4H2,(H,12,15)(H,13,16)(H,17,18). The van der Waals surface area contributed by atoms with Crippen LogP contribution in [-0.4, -0.2) is 27.0 Å².